The number of likely N-dealkylation sites (N-methyl/N-ethyl adjacent to an activating group) is 1. The van der Waals surface area contributed by atoms with Crippen LogP contribution in [0.15, 0.2) is 23.1 Å². The van der Waals surface area contributed by atoms with Gasteiger partial charge in [-0.2, -0.15) is 4.31 Å². The van der Waals surface area contributed by atoms with E-state index in [1.165, 1.54) is 20.2 Å². The number of nitrogens with zero attached hydrogens (tertiary/aromatic N) is 1. The van der Waals surface area contributed by atoms with Crippen LogP contribution in [-0.2, 0) is 19.6 Å². The van der Waals surface area contributed by atoms with E-state index in [1.54, 1.807) is 12.1 Å². The Morgan fingerprint density at radius 3 is 2.67 bits per heavy atom. The number of methoxy groups -OCH3 is 1. The number of hydrogen-bond donors (Lipinski definition) is 1. The monoisotopic (exact) mass is 310 g/mol. The Hall–Kier alpha value is -1.88. The highest BCUT2D eigenvalue weighted by Gasteiger charge is 2.25. The van der Waals surface area contributed by atoms with Crippen LogP contribution >= 0.6 is 0 Å². The highest BCUT2D eigenvalue weighted by atomic mass is 32.2. The molecule has 1 rings (SSSR count). The van der Waals surface area contributed by atoms with Crippen molar-refractivity contribution < 1.29 is 17.9 Å². The maximum absolute atomic E-state index is 12.5. The molecular formula is C14H18N2O4S. The van der Waals surface area contributed by atoms with E-state index >= 15 is 0 Å². The minimum absolute atomic E-state index is 0.0421. The third-order valence-electron chi connectivity index (χ3n) is 2.73. The molecule has 1 aromatic rings. The number of sulfonamides is 1. The molecule has 6 nitrogen and oxygen atoms in total. The van der Waals surface area contributed by atoms with E-state index in [4.69, 9.17) is 5.73 Å². The van der Waals surface area contributed by atoms with Crippen molar-refractivity contribution in [3.63, 3.8) is 0 Å². The number of esters is 1. The van der Waals surface area contributed by atoms with Gasteiger partial charge in [0.25, 0.3) is 0 Å². The lowest BCUT2D eigenvalue weighted by molar-refractivity contribution is -0.140. The lowest BCUT2D eigenvalue weighted by Crippen LogP contribution is -2.33. The number of rotatable bonds is 4. The molecule has 0 aliphatic heterocycles. The van der Waals surface area contributed by atoms with E-state index in [-0.39, 0.29) is 18.0 Å². The molecule has 0 heterocycles. The smallest absolute Gasteiger partial charge is 0.321 e. The van der Waals surface area contributed by atoms with Crippen LogP contribution in [0.1, 0.15) is 11.1 Å². The second-order valence-corrected chi connectivity index (χ2v) is 6.36. The van der Waals surface area contributed by atoms with Crippen LogP contribution in [-0.4, -0.2) is 45.9 Å². The first kappa shape index (κ1) is 17.2. The van der Waals surface area contributed by atoms with Gasteiger partial charge in [-0.15, -0.1) is 0 Å². The molecule has 1 aromatic carbocycles. The first-order valence-electron chi connectivity index (χ1n) is 6.15. The van der Waals surface area contributed by atoms with Crippen molar-refractivity contribution in [1.82, 2.24) is 4.31 Å². The van der Waals surface area contributed by atoms with Crippen LogP contribution in [0.25, 0.3) is 0 Å². The highest BCUT2D eigenvalue weighted by molar-refractivity contribution is 7.89. The summed E-state index contributed by atoms with van der Waals surface area (Å²) in [6, 6.07) is 4.81. The Bertz CT molecular complexity index is 687. The van der Waals surface area contributed by atoms with Crippen LogP contribution in [0.3, 0.4) is 0 Å². The normalized spacial score (nSPS) is 10.9. The first-order valence-corrected chi connectivity index (χ1v) is 7.59. The van der Waals surface area contributed by atoms with Gasteiger partial charge in [-0.1, -0.05) is 17.9 Å². The summed E-state index contributed by atoms with van der Waals surface area (Å²) >= 11 is 0. The Balaban J connectivity index is 3.28. The van der Waals surface area contributed by atoms with Crippen LogP contribution in [0.5, 0.6) is 0 Å². The van der Waals surface area contributed by atoms with Gasteiger partial charge in [0.15, 0.2) is 0 Å². The van der Waals surface area contributed by atoms with E-state index in [0.717, 1.165) is 9.87 Å². The quantitative estimate of drug-likeness (QED) is 0.629. The molecule has 0 amide bonds. The number of carbonyl (C=O) groups is 1. The number of carbonyl (C=O) groups excluding carboxylic acids is 1. The van der Waals surface area contributed by atoms with Gasteiger partial charge in [0.2, 0.25) is 10.0 Å². The molecule has 7 heteroatoms. The number of aryl methyl sites for hydroxylation is 1. The molecule has 0 fully saturated rings. The minimum atomic E-state index is -3.83. The zero-order valence-corrected chi connectivity index (χ0v) is 13.0. The Morgan fingerprint density at radius 2 is 2.10 bits per heavy atom. The number of benzene rings is 1. The predicted molar refractivity (Wildman–Crippen MR) is 78.9 cm³/mol. The minimum Gasteiger partial charge on any atom is -0.468 e. The summed E-state index contributed by atoms with van der Waals surface area (Å²) in [4.78, 5) is 11.3. The van der Waals surface area contributed by atoms with Gasteiger partial charge >= 0.3 is 5.97 Å². The molecule has 0 spiro atoms. The van der Waals surface area contributed by atoms with E-state index < -0.39 is 16.0 Å². The summed E-state index contributed by atoms with van der Waals surface area (Å²) in [6.45, 7) is 1.60. The zero-order chi connectivity index (χ0) is 16.0. The van der Waals surface area contributed by atoms with Gasteiger partial charge < -0.3 is 10.5 Å². The predicted octanol–water partition coefficient (Wildman–Crippen LogP) is 0.0987. The maximum Gasteiger partial charge on any atom is 0.321 e. The summed E-state index contributed by atoms with van der Waals surface area (Å²) in [5.41, 5.74) is 6.56. The van der Waals surface area contributed by atoms with Crippen molar-refractivity contribution >= 4 is 16.0 Å². The van der Waals surface area contributed by atoms with Crippen LogP contribution in [0.4, 0.5) is 0 Å². The molecule has 114 valence electrons. The van der Waals surface area contributed by atoms with Gasteiger partial charge in [0, 0.05) is 12.6 Å². The molecule has 0 aliphatic rings. The zero-order valence-electron chi connectivity index (χ0n) is 12.2. The summed E-state index contributed by atoms with van der Waals surface area (Å²) in [6.07, 6.45) is 0. The molecule has 21 heavy (non-hydrogen) atoms. The Labute approximate surface area is 124 Å². The van der Waals surface area contributed by atoms with Crippen LogP contribution in [0, 0.1) is 18.8 Å². The molecule has 0 aromatic heterocycles. The van der Waals surface area contributed by atoms with Gasteiger partial charge in [0.05, 0.1) is 18.6 Å². The number of ether oxygens (including phenoxy) is 1. The van der Waals surface area contributed by atoms with E-state index in [1.807, 2.05) is 6.92 Å². The molecule has 0 bridgehead atoms. The molecular weight excluding hydrogens is 292 g/mol. The molecule has 0 radical (unpaired) electrons. The third-order valence-corrected chi connectivity index (χ3v) is 4.59. The fourth-order valence-corrected chi connectivity index (χ4v) is 2.85. The first-order chi connectivity index (χ1) is 9.82. The van der Waals surface area contributed by atoms with Crippen molar-refractivity contribution in [2.24, 2.45) is 5.73 Å². The van der Waals surface area contributed by atoms with Crippen molar-refractivity contribution in [2.45, 2.75) is 11.8 Å². The largest absolute Gasteiger partial charge is 0.468 e. The van der Waals surface area contributed by atoms with Crippen LogP contribution < -0.4 is 5.73 Å². The second-order valence-electron chi connectivity index (χ2n) is 4.34. The fraction of sp³-hybridized carbons (Fsp3) is 0.357. The van der Waals surface area contributed by atoms with E-state index in [2.05, 4.69) is 16.6 Å². The maximum atomic E-state index is 12.5. The molecule has 0 unspecified atom stereocenters. The van der Waals surface area contributed by atoms with Gasteiger partial charge in [-0.25, -0.2) is 8.42 Å². The van der Waals surface area contributed by atoms with Crippen molar-refractivity contribution in [3.8, 4) is 11.8 Å². The van der Waals surface area contributed by atoms with Crippen molar-refractivity contribution in [3.05, 3.63) is 29.3 Å². The third kappa shape index (κ3) is 4.29. The van der Waals surface area contributed by atoms with Crippen LogP contribution in [0.2, 0.25) is 0 Å². The fourth-order valence-electron chi connectivity index (χ4n) is 1.61. The molecule has 0 atom stereocenters. The Kier molecular flexibility index (Phi) is 5.90. The summed E-state index contributed by atoms with van der Waals surface area (Å²) < 4.78 is 30.4. The lowest BCUT2D eigenvalue weighted by Gasteiger charge is -2.17. The average Bonchev–Trinajstić information content (AvgIpc) is 2.44. The Morgan fingerprint density at radius 1 is 1.43 bits per heavy atom. The highest BCUT2D eigenvalue weighted by Crippen LogP contribution is 2.20. The number of hydrogen-bond acceptors (Lipinski definition) is 5. The molecule has 0 saturated carbocycles. The number of nitrogens with two attached hydrogens (primary N) is 1. The van der Waals surface area contributed by atoms with E-state index in [0.29, 0.717) is 5.56 Å². The molecule has 0 saturated heterocycles. The average molecular weight is 310 g/mol. The van der Waals surface area contributed by atoms with Crippen molar-refractivity contribution in [2.75, 3.05) is 27.2 Å². The van der Waals surface area contributed by atoms with E-state index in [9.17, 15) is 13.2 Å². The molecule has 0 aliphatic carbocycles. The topological polar surface area (TPSA) is 89.7 Å². The van der Waals surface area contributed by atoms with Gasteiger partial charge in [-0.05, 0) is 24.6 Å². The SMILES string of the molecule is COC(=O)CN(C)S(=O)(=O)c1ccc(C)cc1C#CCN. The lowest BCUT2D eigenvalue weighted by atomic mass is 10.1. The second kappa shape index (κ2) is 7.22. The summed E-state index contributed by atoms with van der Waals surface area (Å²) in [5, 5.41) is 0. The van der Waals surface area contributed by atoms with Gasteiger partial charge in [-0.3, -0.25) is 4.79 Å². The standard InChI is InChI=1S/C14H18N2O4S/c1-11-6-7-13(12(9-11)5-4-8-15)21(18,19)16(2)10-14(17)20-3/h6-7,9H,8,10,15H2,1-3H3. The molecule has 2 N–H and O–H groups in total. The van der Waals surface area contributed by atoms with Crippen molar-refractivity contribution in [1.29, 1.82) is 0 Å². The summed E-state index contributed by atoms with van der Waals surface area (Å²) in [5.74, 6) is 4.75. The summed E-state index contributed by atoms with van der Waals surface area (Å²) in [7, 11) is -1.32. The van der Waals surface area contributed by atoms with Gasteiger partial charge in [0.1, 0.15) is 6.54 Å².